The summed E-state index contributed by atoms with van der Waals surface area (Å²) in [5, 5.41) is 8.61. The zero-order chi connectivity index (χ0) is 10.7. The van der Waals surface area contributed by atoms with Crippen LogP contribution in [0.1, 0.15) is 11.3 Å². The highest BCUT2D eigenvalue weighted by Gasteiger charge is 2.13. The molecule has 0 unspecified atom stereocenters. The molecule has 0 radical (unpaired) electrons. The number of rotatable bonds is 3. The van der Waals surface area contributed by atoms with Crippen LogP contribution in [-0.2, 0) is 11.2 Å². The Balaban J connectivity index is 3.25. The van der Waals surface area contributed by atoms with E-state index in [1.54, 1.807) is 6.92 Å². The molecule has 6 nitrogen and oxygen atoms in total. The first-order valence-electron chi connectivity index (χ1n) is 3.90. The molecule has 0 aliphatic rings. The minimum absolute atomic E-state index is 0.0636. The third-order valence-electron chi connectivity index (χ3n) is 1.73. The summed E-state index contributed by atoms with van der Waals surface area (Å²) in [6.07, 6.45) is -0.223. The number of nitrogens with zero attached hydrogens (tertiary/aromatic N) is 1. The van der Waals surface area contributed by atoms with Crippen molar-refractivity contribution < 1.29 is 14.6 Å². The van der Waals surface area contributed by atoms with E-state index in [0.29, 0.717) is 11.3 Å². The van der Waals surface area contributed by atoms with E-state index in [1.165, 1.54) is 7.11 Å². The molecular weight excluding hydrogens is 188 g/mol. The van der Waals surface area contributed by atoms with Crippen LogP contribution in [0.15, 0.2) is 4.79 Å². The molecule has 0 saturated heterocycles. The molecule has 1 rings (SSSR count). The number of H-pyrrole nitrogens is 1. The molecule has 0 bridgehead atoms. The molecule has 0 amide bonds. The van der Waals surface area contributed by atoms with Crippen LogP contribution in [0.3, 0.4) is 0 Å². The number of nitrogens with one attached hydrogen (secondary N) is 1. The van der Waals surface area contributed by atoms with Crippen molar-refractivity contribution in [1.29, 1.82) is 0 Å². The zero-order valence-electron chi connectivity index (χ0n) is 7.83. The Morgan fingerprint density at radius 2 is 2.29 bits per heavy atom. The number of carbonyl (C=O) groups is 1. The first kappa shape index (κ1) is 10.2. The SMILES string of the molecule is COc1nc(=O)[nH]c(C)c1CC(=O)O. The summed E-state index contributed by atoms with van der Waals surface area (Å²) in [5.74, 6) is -0.936. The number of aromatic amines is 1. The van der Waals surface area contributed by atoms with E-state index < -0.39 is 11.7 Å². The Labute approximate surface area is 79.6 Å². The summed E-state index contributed by atoms with van der Waals surface area (Å²) in [5.41, 5.74) is 0.303. The maximum Gasteiger partial charge on any atom is 0.348 e. The number of ether oxygens (including phenoxy) is 1. The normalized spacial score (nSPS) is 9.86. The van der Waals surface area contributed by atoms with Crippen LogP contribution in [0.4, 0.5) is 0 Å². The molecule has 0 saturated carbocycles. The highest BCUT2D eigenvalue weighted by atomic mass is 16.5. The molecule has 76 valence electrons. The van der Waals surface area contributed by atoms with Gasteiger partial charge < -0.3 is 14.8 Å². The highest BCUT2D eigenvalue weighted by Crippen LogP contribution is 2.15. The lowest BCUT2D eigenvalue weighted by atomic mass is 10.1. The van der Waals surface area contributed by atoms with Crippen LogP contribution >= 0.6 is 0 Å². The van der Waals surface area contributed by atoms with Gasteiger partial charge in [0.05, 0.1) is 13.5 Å². The highest BCUT2D eigenvalue weighted by molar-refractivity contribution is 5.71. The molecule has 0 aliphatic carbocycles. The topological polar surface area (TPSA) is 92.3 Å². The molecule has 14 heavy (non-hydrogen) atoms. The minimum atomic E-state index is -1.000. The Morgan fingerprint density at radius 1 is 1.64 bits per heavy atom. The van der Waals surface area contributed by atoms with Crippen molar-refractivity contribution in [3.8, 4) is 5.88 Å². The second kappa shape index (κ2) is 3.91. The van der Waals surface area contributed by atoms with Gasteiger partial charge in [-0.1, -0.05) is 0 Å². The fraction of sp³-hybridized carbons (Fsp3) is 0.375. The van der Waals surface area contributed by atoms with Gasteiger partial charge in [-0.25, -0.2) is 4.79 Å². The molecule has 0 aliphatic heterocycles. The first-order chi connectivity index (χ1) is 6.54. The molecule has 6 heteroatoms. The minimum Gasteiger partial charge on any atom is -0.481 e. The Hall–Kier alpha value is -1.85. The summed E-state index contributed by atoms with van der Waals surface area (Å²) >= 11 is 0. The molecule has 2 N–H and O–H groups in total. The molecule has 1 aromatic rings. The van der Waals surface area contributed by atoms with Crippen LogP contribution in [0.2, 0.25) is 0 Å². The van der Waals surface area contributed by atoms with Crippen molar-refractivity contribution in [2.24, 2.45) is 0 Å². The van der Waals surface area contributed by atoms with E-state index in [4.69, 9.17) is 9.84 Å². The summed E-state index contributed by atoms with van der Waals surface area (Å²) in [7, 11) is 1.34. The number of aliphatic carboxylic acids is 1. The maximum atomic E-state index is 10.9. The van der Waals surface area contributed by atoms with Crippen LogP contribution in [0.25, 0.3) is 0 Å². The Bertz CT molecular complexity index is 410. The van der Waals surface area contributed by atoms with Gasteiger partial charge in [0.1, 0.15) is 0 Å². The fourth-order valence-electron chi connectivity index (χ4n) is 1.11. The smallest absolute Gasteiger partial charge is 0.348 e. The predicted molar refractivity (Wildman–Crippen MR) is 47.5 cm³/mol. The van der Waals surface area contributed by atoms with Crippen LogP contribution < -0.4 is 10.4 Å². The average molecular weight is 198 g/mol. The van der Waals surface area contributed by atoms with Gasteiger partial charge in [-0.05, 0) is 6.92 Å². The van der Waals surface area contributed by atoms with Crippen LogP contribution in [0, 0.1) is 6.92 Å². The van der Waals surface area contributed by atoms with Crippen molar-refractivity contribution in [2.75, 3.05) is 7.11 Å². The fourth-order valence-corrected chi connectivity index (χ4v) is 1.11. The van der Waals surface area contributed by atoms with E-state index in [-0.39, 0.29) is 12.3 Å². The number of carboxylic acid groups (broad SMARTS) is 1. The number of hydrogen-bond acceptors (Lipinski definition) is 4. The van der Waals surface area contributed by atoms with Gasteiger partial charge in [-0.2, -0.15) is 4.98 Å². The molecule has 0 fully saturated rings. The summed E-state index contributed by atoms with van der Waals surface area (Å²) < 4.78 is 4.81. The van der Waals surface area contributed by atoms with Gasteiger partial charge in [0.25, 0.3) is 0 Å². The Kier molecular flexibility index (Phi) is 2.85. The van der Waals surface area contributed by atoms with Crippen molar-refractivity contribution in [3.05, 3.63) is 21.7 Å². The van der Waals surface area contributed by atoms with E-state index >= 15 is 0 Å². The van der Waals surface area contributed by atoms with E-state index in [0.717, 1.165) is 0 Å². The zero-order valence-corrected chi connectivity index (χ0v) is 7.83. The summed E-state index contributed by atoms with van der Waals surface area (Å²) in [4.78, 5) is 27.3. The lowest BCUT2D eigenvalue weighted by Crippen LogP contribution is -2.17. The molecule has 1 heterocycles. The molecular formula is C8H10N2O4. The summed E-state index contributed by atoms with van der Waals surface area (Å²) in [6, 6.07) is 0. The van der Waals surface area contributed by atoms with E-state index in [1.807, 2.05) is 0 Å². The lowest BCUT2D eigenvalue weighted by Gasteiger charge is -2.06. The first-order valence-corrected chi connectivity index (χ1v) is 3.90. The van der Waals surface area contributed by atoms with Crippen LogP contribution in [-0.4, -0.2) is 28.2 Å². The van der Waals surface area contributed by atoms with Gasteiger partial charge in [0.15, 0.2) is 0 Å². The number of aryl methyl sites for hydroxylation is 1. The van der Waals surface area contributed by atoms with E-state index in [2.05, 4.69) is 9.97 Å². The Morgan fingerprint density at radius 3 is 2.79 bits per heavy atom. The quantitative estimate of drug-likeness (QED) is 0.696. The van der Waals surface area contributed by atoms with Gasteiger partial charge in [-0.3, -0.25) is 4.79 Å². The van der Waals surface area contributed by atoms with Crippen molar-refractivity contribution in [1.82, 2.24) is 9.97 Å². The third kappa shape index (κ3) is 2.09. The van der Waals surface area contributed by atoms with E-state index in [9.17, 15) is 9.59 Å². The third-order valence-corrected chi connectivity index (χ3v) is 1.73. The standard InChI is InChI=1S/C8H10N2O4/c1-4-5(3-6(11)12)7(14-2)10-8(13)9-4/h3H2,1-2H3,(H,11,12)(H,9,10,13). The monoisotopic (exact) mass is 198 g/mol. The average Bonchev–Trinajstić information content (AvgIpc) is 2.08. The second-order valence-corrected chi connectivity index (χ2v) is 2.73. The van der Waals surface area contributed by atoms with Gasteiger partial charge >= 0.3 is 11.7 Å². The molecule has 0 aromatic carbocycles. The van der Waals surface area contributed by atoms with Gasteiger partial charge in [0, 0.05) is 11.3 Å². The lowest BCUT2D eigenvalue weighted by molar-refractivity contribution is -0.136. The molecule has 0 atom stereocenters. The maximum absolute atomic E-state index is 10.9. The summed E-state index contributed by atoms with van der Waals surface area (Å²) in [6.45, 7) is 1.60. The van der Waals surface area contributed by atoms with Crippen molar-refractivity contribution in [2.45, 2.75) is 13.3 Å². The molecule has 1 aromatic heterocycles. The van der Waals surface area contributed by atoms with Gasteiger partial charge in [-0.15, -0.1) is 0 Å². The van der Waals surface area contributed by atoms with Crippen LogP contribution in [0.5, 0.6) is 5.88 Å². The van der Waals surface area contributed by atoms with Crippen molar-refractivity contribution >= 4 is 5.97 Å². The van der Waals surface area contributed by atoms with Crippen molar-refractivity contribution in [3.63, 3.8) is 0 Å². The molecule has 0 spiro atoms. The number of carboxylic acids is 1. The second-order valence-electron chi connectivity index (χ2n) is 2.73. The number of methoxy groups -OCH3 is 1. The predicted octanol–water partition coefficient (Wildman–Crippen LogP) is -0.286. The number of aromatic nitrogens is 2. The van der Waals surface area contributed by atoms with Gasteiger partial charge in [0.2, 0.25) is 5.88 Å². The number of hydrogen-bond donors (Lipinski definition) is 2. The largest absolute Gasteiger partial charge is 0.481 e.